The predicted molar refractivity (Wildman–Crippen MR) is 70.1 cm³/mol. The van der Waals surface area contributed by atoms with Crippen LogP contribution in [0.25, 0.3) is 0 Å². The van der Waals surface area contributed by atoms with Crippen molar-refractivity contribution in [2.45, 2.75) is 26.3 Å². The number of nitrogen functional groups attached to an aromatic ring is 1. The third kappa shape index (κ3) is 2.47. The Kier molecular flexibility index (Phi) is 3.08. The van der Waals surface area contributed by atoms with Gasteiger partial charge in [-0.3, -0.25) is 4.90 Å². The molecule has 4 nitrogen and oxygen atoms in total. The first-order valence-corrected chi connectivity index (χ1v) is 6.46. The smallest absolute Gasteiger partial charge is 0.139 e. The normalized spacial score (nSPS) is 19.1. The molecule has 0 aliphatic carbocycles. The van der Waals surface area contributed by atoms with Crippen LogP contribution in [0, 0.1) is 0 Å². The van der Waals surface area contributed by atoms with Crippen molar-refractivity contribution in [3.05, 3.63) is 6.07 Å². The van der Waals surface area contributed by atoms with Crippen LogP contribution in [0.15, 0.2) is 6.07 Å². The summed E-state index contributed by atoms with van der Waals surface area (Å²) in [6, 6.07) is 1.97. The Labute approximate surface area is 101 Å². The van der Waals surface area contributed by atoms with Crippen LogP contribution in [0.4, 0.5) is 10.8 Å². The van der Waals surface area contributed by atoms with Crippen molar-refractivity contribution in [1.82, 2.24) is 9.27 Å². The summed E-state index contributed by atoms with van der Waals surface area (Å²) in [5.74, 6) is 0.637. The zero-order chi connectivity index (χ0) is 11.8. The quantitative estimate of drug-likeness (QED) is 0.810. The van der Waals surface area contributed by atoms with Gasteiger partial charge in [0.15, 0.2) is 0 Å². The summed E-state index contributed by atoms with van der Waals surface area (Å²) in [6.45, 7) is 11.2. The molecule has 0 aromatic carbocycles. The summed E-state index contributed by atoms with van der Waals surface area (Å²) in [5.41, 5.74) is 5.92. The highest BCUT2D eigenvalue weighted by Gasteiger charge is 2.26. The molecule has 0 radical (unpaired) electrons. The third-order valence-electron chi connectivity index (χ3n) is 3.06. The SMILES string of the molecule is CC(C)(C)N1CCN(c2cc(N)ns2)CC1. The van der Waals surface area contributed by atoms with E-state index in [-0.39, 0.29) is 5.54 Å². The molecule has 0 atom stereocenters. The second kappa shape index (κ2) is 4.22. The van der Waals surface area contributed by atoms with Crippen molar-refractivity contribution < 1.29 is 0 Å². The maximum absolute atomic E-state index is 5.64. The molecule has 1 aliphatic rings. The number of hydrogen-bond donors (Lipinski definition) is 1. The standard InChI is InChI=1S/C11H20N4S/c1-11(2,3)15-6-4-14(5-7-15)10-8-9(12)13-16-10/h8H,4-7H2,1-3H3,(H2,12,13). The van der Waals surface area contributed by atoms with E-state index in [4.69, 9.17) is 5.73 Å². The van der Waals surface area contributed by atoms with Gasteiger partial charge in [-0.05, 0) is 32.3 Å². The minimum atomic E-state index is 0.277. The van der Waals surface area contributed by atoms with Crippen molar-refractivity contribution in [3.63, 3.8) is 0 Å². The number of hydrogen-bond acceptors (Lipinski definition) is 5. The summed E-state index contributed by atoms with van der Waals surface area (Å²) in [6.07, 6.45) is 0. The molecule has 1 aromatic heterocycles. The molecule has 1 saturated heterocycles. The van der Waals surface area contributed by atoms with E-state index >= 15 is 0 Å². The van der Waals surface area contributed by atoms with Crippen LogP contribution in [-0.4, -0.2) is 41.0 Å². The molecule has 16 heavy (non-hydrogen) atoms. The summed E-state index contributed by atoms with van der Waals surface area (Å²) in [7, 11) is 0. The molecule has 1 fully saturated rings. The Morgan fingerprint density at radius 2 is 1.88 bits per heavy atom. The molecule has 0 amide bonds. The van der Waals surface area contributed by atoms with Crippen molar-refractivity contribution in [3.8, 4) is 0 Å². The highest BCUT2D eigenvalue weighted by molar-refractivity contribution is 7.10. The van der Waals surface area contributed by atoms with Crippen LogP contribution in [0.1, 0.15) is 20.8 Å². The van der Waals surface area contributed by atoms with Gasteiger partial charge < -0.3 is 10.6 Å². The van der Waals surface area contributed by atoms with Gasteiger partial charge in [0.25, 0.3) is 0 Å². The molecule has 2 rings (SSSR count). The molecule has 0 saturated carbocycles. The first kappa shape index (κ1) is 11.7. The molecule has 90 valence electrons. The van der Waals surface area contributed by atoms with E-state index in [1.807, 2.05) is 6.07 Å². The number of aromatic nitrogens is 1. The van der Waals surface area contributed by atoms with Crippen LogP contribution in [-0.2, 0) is 0 Å². The lowest BCUT2D eigenvalue weighted by Crippen LogP contribution is -2.53. The first-order valence-electron chi connectivity index (χ1n) is 5.69. The number of rotatable bonds is 1. The second-order valence-electron chi connectivity index (χ2n) is 5.23. The summed E-state index contributed by atoms with van der Waals surface area (Å²) < 4.78 is 4.12. The topological polar surface area (TPSA) is 45.4 Å². The Morgan fingerprint density at radius 1 is 1.25 bits per heavy atom. The number of nitrogens with two attached hydrogens (primary N) is 1. The predicted octanol–water partition coefficient (Wildman–Crippen LogP) is 1.65. The Balaban J connectivity index is 1.95. The summed E-state index contributed by atoms with van der Waals surface area (Å²) in [4.78, 5) is 4.89. The van der Waals surface area contributed by atoms with E-state index < -0.39 is 0 Å². The van der Waals surface area contributed by atoms with Crippen molar-refractivity contribution in [2.75, 3.05) is 36.8 Å². The van der Waals surface area contributed by atoms with Crippen LogP contribution in [0.2, 0.25) is 0 Å². The fraction of sp³-hybridized carbons (Fsp3) is 0.727. The highest BCUT2D eigenvalue weighted by atomic mass is 32.1. The molecule has 2 heterocycles. The van der Waals surface area contributed by atoms with E-state index in [2.05, 4.69) is 34.9 Å². The van der Waals surface area contributed by atoms with Crippen molar-refractivity contribution in [2.24, 2.45) is 0 Å². The highest BCUT2D eigenvalue weighted by Crippen LogP contribution is 2.25. The number of nitrogens with zero attached hydrogens (tertiary/aromatic N) is 3. The average Bonchev–Trinajstić information content (AvgIpc) is 2.64. The Morgan fingerprint density at radius 3 is 2.31 bits per heavy atom. The first-order chi connectivity index (χ1) is 7.47. The molecule has 0 bridgehead atoms. The van der Waals surface area contributed by atoms with E-state index in [9.17, 15) is 0 Å². The van der Waals surface area contributed by atoms with Gasteiger partial charge in [0.05, 0.1) is 0 Å². The van der Waals surface area contributed by atoms with Gasteiger partial charge >= 0.3 is 0 Å². The van der Waals surface area contributed by atoms with Crippen LogP contribution in [0.3, 0.4) is 0 Å². The Bertz CT molecular complexity index is 347. The van der Waals surface area contributed by atoms with Crippen molar-refractivity contribution in [1.29, 1.82) is 0 Å². The van der Waals surface area contributed by atoms with Gasteiger partial charge in [-0.15, -0.1) is 0 Å². The van der Waals surface area contributed by atoms with Gasteiger partial charge in [-0.1, -0.05) is 0 Å². The fourth-order valence-electron chi connectivity index (χ4n) is 2.03. The lowest BCUT2D eigenvalue weighted by Gasteiger charge is -2.42. The van der Waals surface area contributed by atoms with E-state index in [1.54, 1.807) is 0 Å². The molecular formula is C11H20N4S. The summed E-state index contributed by atoms with van der Waals surface area (Å²) >= 11 is 1.50. The van der Waals surface area contributed by atoms with Crippen LogP contribution >= 0.6 is 11.5 Å². The van der Waals surface area contributed by atoms with E-state index in [0.29, 0.717) is 5.82 Å². The van der Waals surface area contributed by atoms with Gasteiger partial charge in [-0.2, -0.15) is 4.37 Å². The maximum atomic E-state index is 5.64. The van der Waals surface area contributed by atoms with E-state index in [0.717, 1.165) is 26.2 Å². The zero-order valence-electron chi connectivity index (χ0n) is 10.2. The molecule has 1 aromatic rings. The number of anilines is 2. The second-order valence-corrected chi connectivity index (χ2v) is 6.02. The van der Waals surface area contributed by atoms with Crippen LogP contribution in [0.5, 0.6) is 0 Å². The molecule has 1 aliphatic heterocycles. The monoisotopic (exact) mass is 240 g/mol. The minimum Gasteiger partial charge on any atom is -0.383 e. The molecule has 5 heteroatoms. The average molecular weight is 240 g/mol. The fourth-order valence-corrected chi connectivity index (χ4v) is 2.75. The van der Waals surface area contributed by atoms with Gasteiger partial charge in [0.1, 0.15) is 10.8 Å². The van der Waals surface area contributed by atoms with E-state index in [1.165, 1.54) is 16.5 Å². The molecule has 0 spiro atoms. The third-order valence-corrected chi connectivity index (χ3v) is 3.92. The largest absolute Gasteiger partial charge is 0.383 e. The van der Waals surface area contributed by atoms with Crippen LogP contribution < -0.4 is 10.6 Å². The summed E-state index contributed by atoms with van der Waals surface area (Å²) in [5, 5.41) is 1.20. The minimum absolute atomic E-state index is 0.277. The van der Waals surface area contributed by atoms with Gasteiger partial charge in [-0.25, -0.2) is 0 Å². The van der Waals surface area contributed by atoms with Gasteiger partial charge in [0, 0.05) is 37.8 Å². The molecular weight excluding hydrogens is 220 g/mol. The molecule has 2 N–H and O–H groups in total. The Hall–Kier alpha value is -0.810. The lowest BCUT2D eigenvalue weighted by atomic mass is 10.1. The van der Waals surface area contributed by atoms with Crippen molar-refractivity contribution >= 4 is 22.4 Å². The zero-order valence-corrected chi connectivity index (χ0v) is 11.0. The molecule has 0 unspecified atom stereocenters. The number of piperazine rings is 1. The lowest BCUT2D eigenvalue weighted by molar-refractivity contribution is 0.128. The maximum Gasteiger partial charge on any atom is 0.139 e. The van der Waals surface area contributed by atoms with Gasteiger partial charge in [0.2, 0.25) is 0 Å².